The fraction of sp³-hybridized carbons (Fsp3) is 0.176. The Labute approximate surface area is 149 Å². The van der Waals surface area contributed by atoms with Gasteiger partial charge in [-0.25, -0.2) is 9.48 Å². The first-order valence-electron chi connectivity index (χ1n) is 7.67. The molecule has 0 aliphatic carbocycles. The fourth-order valence-electron chi connectivity index (χ4n) is 2.31. The van der Waals surface area contributed by atoms with Gasteiger partial charge in [-0.1, -0.05) is 23.7 Å². The summed E-state index contributed by atoms with van der Waals surface area (Å²) in [5.41, 5.74) is 1.47. The summed E-state index contributed by atoms with van der Waals surface area (Å²) in [7, 11) is 0. The molecule has 0 saturated carbocycles. The summed E-state index contributed by atoms with van der Waals surface area (Å²) in [5.74, 6) is 1.12. The smallest absolute Gasteiger partial charge is 0.320 e. The largest absolute Gasteiger partial charge is 0.467 e. The number of nitrogens with one attached hydrogen (secondary N) is 2. The minimum absolute atomic E-state index is 0.0979. The normalized spacial score (nSPS) is 10.6. The van der Waals surface area contributed by atoms with Gasteiger partial charge in [0.1, 0.15) is 11.6 Å². The Morgan fingerprint density at radius 2 is 2.16 bits per heavy atom. The van der Waals surface area contributed by atoms with Crippen LogP contribution in [0.4, 0.5) is 10.6 Å². The Morgan fingerprint density at radius 3 is 2.88 bits per heavy atom. The molecule has 0 spiro atoms. The lowest BCUT2D eigenvalue weighted by Gasteiger charge is -2.08. The number of amides is 2. The minimum Gasteiger partial charge on any atom is -0.467 e. The van der Waals surface area contributed by atoms with Crippen LogP contribution in [-0.2, 0) is 13.1 Å². The van der Waals surface area contributed by atoms with Crippen LogP contribution in [0.5, 0.6) is 0 Å². The predicted octanol–water partition coefficient (Wildman–Crippen LogP) is 3.11. The third kappa shape index (κ3) is 4.40. The van der Waals surface area contributed by atoms with Crippen molar-refractivity contribution in [3.63, 3.8) is 0 Å². The highest BCUT2D eigenvalue weighted by Gasteiger charge is 2.12. The molecule has 3 N–H and O–H groups in total. The first-order valence-corrected chi connectivity index (χ1v) is 8.05. The summed E-state index contributed by atoms with van der Waals surface area (Å²) < 4.78 is 6.69. The lowest BCUT2D eigenvalue weighted by atomic mass is 10.1. The van der Waals surface area contributed by atoms with E-state index in [0.717, 1.165) is 5.56 Å². The van der Waals surface area contributed by atoms with Crippen molar-refractivity contribution in [2.75, 3.05) is 11.9 Å². The second-order valence-corrected chi connectivity index (χ2v) is 5.70. The summed E-state index contributed by atoms with van der Waals surface area (Å²) in [6.07, 6.45) is 1.54. The van der Waals surface area contributed by atoms with Crippen molar-refractivity contribution in [3.8, 4) is 11.3 Å². The number of nitrogens with zero attached hydrogens (tertiary/aromatic N) is 2. The van der Waals surface area contributed by atoms with Crippen LogP contribution in [0.15, 0.2) is 53.1 Å². The van der Waals surface area contributed by atoms with E-state index in [4.69, 9.17) is 16.0 Å². The maximum atomic E-state index is 12.1. The second kappa shape index (κ2) is 7.87. The summed E-state index contributed by atoms with van der Waals surface area (Å²) in [5, 5.41) is 19.6. The van der Waals surface area contributed by atoms with E-state index in [1.165, 1.54) is 4.68 Å². The highest BCUT2D eigenvalue weighted by molar-refractivity contribution is 6.30. The van der Waals surface area contributed by atoms with Crippen molar-refractivity contribution in [2.24, 2.45) is 0 Å². The lowest BCUT2D eigenvalue weighted by molar-refractivity contribution is 0.250. The summed E-state index contributed by atoms with van der Waals surface area (Å²) in [6.45, 7) is 0.432. The number of carbonyl (C=O) groups is 1. The number of hydrogen-bond donors (Lipinski definition) is 3. The molecule has 0 fully saturated rings. The van der Waals surface area contributed by atoms with Crippen LogP contribution >= 0.6 is 11.6 Å². The van der Waals surface area contributed by atoms with Crippen molar-refractivity contribution in [3.05, 3.63) is 59.5 Å². The molecule has 130 valence electrons. The van der Waals surface area contributed by atoms with Gasteiger partial charge in [0, 0.05) is 16.7 Å². The first-order chi connectivity index (χ1) is 12.2. The van der Waals surface area contributed by atoms with Gasteiger partial charge < -0.3 is 14.8 Å². The zero-order valence-corrected chi connectivity index (χ0v) is 14.0. The highest BCUT2D eigenvalue weighted by atomic mass is 35.5. The number of aliphatic hydroxyl groups is 1. The third-order valence-electron chi connectivity index (χ3n) is 3.46. The highest BCUT2D eigenvalue weighted by Crippen LogP contribution is 2.24. The lowest BCUT2D eigenvalue weighted by Crippen LogP contribution is -2.29. The average molecular weight is 361 g/mol. The van der Waals surface area contributed by atoms with Gasteiger partial charge in [0.05, 0.1) is 31.7 Å². The van der Waals surface area contributed by atoms with Crippen molar-refractivity contribution in [1.29, 1.82) is 0 Å². The summed E-state index contributed by atoms with van der Waals surface area (Å²) in [6, 6.07) is 12.1. The Balaban J connectivity index is 1.74. The molecular formula is C17H17ClN4O3. The van der Waals surface area contributed by atoms with Crippen LogP contribution in [0.2, 0.25) is 5.02 Å². The Kier molecular flexibility index (Phi) is 5.37. The van der Waals surface area contributed by atoms with Gasteiger partial charge in [0.2, 0.25) is 0 Å². The van der Waals surface area contributed by atoms with Crippen LogP contribution in [0.3, 0.4) is 0 Å². The SMILES string of the molecule is O=C(NCc1ccco1)Nc1cc(-c2cccc(Cl)c2)nn1CCO. The molecule has 7 nitrogen and oxygen atoms in total. The van der Waals surface area contributed by atoms with E-state index >= 15 is 0 Å². The number of hydrogen-bond acceptors (Lipinski definition) is 4. The van der Waals surface area contributed by atoms with Gasteiger partial charge in [-0.2, -0.15) is 5.10 Å². The minimum atomic E-state index is -0.395. The van der Waals surface area contributed by atoms with Gasteiger partial charge >= 0.3 is 6.03 Å². The van der Waals surface area contributed by atoms with E-state index in [9.17, 15) is 9.90 Å². The molecule has 0 bridgehead atoms. The number of halogens is 1. The van der Waals surface area contributed by atoms with Gasteiger partial charge in [-0.3, -0.25) is 5.32 Å². The van der Waals surface area contributed by atoms with Crippen LogP contribution < -0.4 is 10.6 Å². The molecule has 1 aromatic carbocycles. The molecule has 2 amide bonds. The molecule has 0 radical (unpaired) electrons. The number of urea groups is 1. The van der Waals surface area contributed by atoms with Crippen LogP contribution in [-0.4, -0.2) is 27.5 Å². The van der Waals surface area contributed by atoms with E-state index in [0.29, 0.717) is 22.3 Å². The Hall–Kier alpha value is -2.77. The van der Waals surface area contributed by atoms with Gasteiger partial charge in [0.15, 0.2) is 0 Å². The zero-order valence-electron chi connectivity index (χ0n) is 13.3. The molecule has 2 heterocycles. The fourth-order valence-corrected chi connectivity index (χ4v) is 2.50. The summed E-state index contributed by atoms with van der Waals surface area (Å²) >= 11 is 6.01. The van der Waals surface area contributed by atoms with Crippen molar-refractivity contribution in [1.82, 2.24) is 15.1 Å². The van der Waals surface area contributed by atoms with Crippen molar-refractivity contribution < 1.29 is 14.3 Å². The number of anilines is 1. The molecule has 2 aromatic heterocycles. The molecule has 0 unspecified atom stereocenters. The molecule has 0 aliphatic heterocycles. The van der Waals surface area contributed by atoms with Crippen molar-refractivity contribution in [2.45, 2.75) is 13.1 Å². The van der Waals surface area contributed by atoms with Crippen LogP contribution in [0.1, 0.15) is 5.76 Å². The second-order valence-electron chi connectivity index (χ2n) is 5.26. The molecule has 3 aromatic rings. The molecule has 8 heteroatoms. The quantitative estimate of drug-likeness (QED) is 0.629. The molecule has 3 rings (SSSR count). The maximum Gasteiger partial charge on any atom is 0.320 e. The topological polar surface area (TPSA) is 92.3 Å². The third-order valence-corrected chi connectivity index (χ3v) is 3.69. The van der Waals surface area contributed by atoms with Gasteiger partial charge in [-0.15, -0.1) is 0 Å². The monoisotopic (exact) mass is 360 g/mol. The van der Waals surface area contributed by atoms with E-state index in [2.05, 4.69) is 15.7 Å². The summed E-state index contributed by atoms with van der Waals surface area (Å²) in [4.78, 5) is 12.1. The van der Waals surface area contributed by atoms with E-state index in [1.807, 2.05) is 12.1 Å². The molecule has 0 saturated heterocycles. The van der Waals surface area contributed by atoms with Crippen LogP contribution in [0, 0.1) is 0 Å². The number of aliphatic hydroxyl groups excluding tert-OH is 1. The van der Waals surface area contributed by atoms with E-state index in [-0.39, 0.29) is 19.7 Å². The molecular weight excluding hydrogens is 344 g/mol. The first kappa shape index (κ1) is 17.1. The van der Waals surface area contributed by atoms with Gasteiger partial charge in [-0.05, 0) is 24.3 Å². The maximum absolute atomic E-state index is 12.1. The number of carbonyl (C=O) groups excluding carboxylic acids is 1. The molecule has 0 atom stereocenters. The van der Waals surface area contributed by atoms with E-state index < -0.39 is 6.03 Å². The average Bonchev–Trinajstić information content (AvgIpc) is 3.24. The number of rotatable bonds is 6. The van der Waals surface area contributed by atoms with Crippen molar-refractivity contribution >= 4 is 23.4 Å². The molecule has 0 aliphatic rings. The van der Waals surface area contributed by atoms with Crippen LogP contribution in [0.25, 0.3) is 11.3 Å². The standard InChI is InChI=1S/C17H17ClN4O3/c18-13-4-1-3-12(9-13)15-10-16(22(21-15)6-7-23)20-17(24)19-11-14-5-2-8-25-14/h1-5,8-10,23H,6-7,11H2,(H2,19,20,24). The van der Waals surface area contributed by atoms with Gasteiger partial charge in [0.25, 0.3) is 0 Å². The number of benzene rings is 1. The van der Waals surface area contributed by atoms with E-state index in [1.54, 1.807) is 36.6 Å². The number of furan rings is 1. The Morgan fingerprint density at radius 1 is 1.28 bits per heavy atom. The Bertz CT molecular complexity index is 845. The molecule has 25 heavy (non-hydrogen) atoms. The predicted molar refractivity (Wildman–Crippen MR) is 94.3 cm³/mol. The number of aromatic nitrogens is 2. The zero-order chi connectivity index (χ0) is 17.6.